The molecule has 0 radical (unpaired) electrons. The molecule has 0 amide bonds. The Morgan fingerprint density at radius 3 is 2.57 bits per heavy atom. The van der Waals surface area contributed by atoms with Gasteiger partial charge in [-0.05, 0) is 48.4 Å². The molecule has 0 fully saturated rings. The Balaban J connectivity index is 1.50. The Hall–Kier alpha value is -3.61. The van der Waals surface area contributed by atoms with Crippen LogP contribution < -0.4 is 15.1 Å². The smallest absolute Gasteiger partial charge is 0.336 e. The molecule has 0 bridgehead atoms. The van der Waals surface area contributed by atoms with E-state index >= 15 is 0 Å². The van der Waals surface area contributed by atoms with E-state index in [1.54, 1.807) is 13.2 Å². The molecule has 0 atom stereocenters. The lowest BCUT2D eigenvalue weighted by Gasteiger charge is -2.06. The van der Waals surface area contributed by atoms with Crippen molar-refractivity contribution < 1.29 is 18.4 Å². The second-order valence-electron chi connectivity index (χ2n) is 6.13. The summed E-state index contributed by atoms with van der Waals surface area (Å²) < 4.78 is 21.4. The average molecular weight is 378 g/mol. The predicted octanol–water partition coefficient (Wildman–Crippen LogP) is 3.99. The zero-order valence-electron chi connectivity index (χ0n) is 15.5. The molecule has 28 heavy (non-hydrogen) atoms. The van der Waals surface area contributed by atoms with E-state index in [9.17, 15) is 4.79 Å². The predicted molar refractivity (Wildman–Crippen MR) is 102 cm³/mol. The molecular formula is C21H18N2O5. The van der Waals surface area contributed by atoms with Crippen molar-refractivity contribution in [1.82, 2.24) is 10.1 Å². The topological polar surface area (TPSA) is 87.6 Å². The Morgan fingerprint density at radius 1 is 1.04 bits per heavy atom. The van der Waals surface area contributed by atoms with Crippen molar-refractivity contribution in [3.8, 4) is 22.9 Å². The van der Waals surface area contributed by atoms with Gasteiger partial charge in [0.05, 0.1) is 7.11 Å². The summed E-state index contributed by atoms with van der Waals surface area (Å²) in [6.45, 7) is 2.10. The zero-order valence-corrected chi connectivity index (χ0v) is 15.5. The van der Waals surface area contributed by atoms with Crippen LogP contribution in [0.3, 0.4) is 0 Å². The molecule has 0 aliphatic carbocycles. The van der Waals surface area contributed by atoms with Crippen molar-refractivity contribution >= 4 is 11.0 Å². The van der Waals surface area contributed by atoms with Crippen LogP contribution in [0.1, 0.15) is 18.4 Å². The van der Waals surface area contributed by atoms with Crippen molar-refractivity contribution in [2.24, 2.45) is 0 Å². The highest BCUT2D eigenvalue weighted by Gasteiger charge is 2.11. The molecule has 0 saturated heterocycles. The Bertz CT molecular complexity index is 1160. The highest BCUT2D eigenvalue weighted by atomic mass is 16.5. The van der Waals surface area contributed by atoms with Gasteiger partial charge in [-0.15, -0.1) is 0 Å². The lowest BCUT2D eigenvalue weighted by atomic mass is 10.1. The first-order valence-electron chi connectivity index (χ1n) is 8.83. The van der Waals surface area contributed by atoms with Crippen LogP contribution >= 0.6 is 0 Å². The molecule has 0 N–H and O–H groups in total. The molecule has 0 aliphatic heterocycles. The summed E-state index contributed by atoms with van der Waals surface area (Å²) in [6.07, 6.45) is 0.748. The minimum Gasteiger partial charge on any atom is -0.497 e. The Labute approximate surface area is 160 Å². The van der Waals surface area contributed by atoms with E-state index in [0.717, 1.165) is 28.7 Å². The summed E-state index contributed by atoms with van der Waals surface area (Å²) in [7, 11) is 1.61. The van der Waals surface area contributed by atoms with Crippen LogP contribution in [0.2, 0.25) is 0 Å². The van der Waals surface area contributed by atoms with Gasteiger partial charge in [0, 0.05) is 23.1 Å². The summed E-state index contributed by atoms with van der Waals surface area (Å²) in [5.74, 6) is 2.12. The molecule has 2 aromatic heterocycles. The normalized spacial score (nSPS) is 10.9. The summed E-state index contributed by atoms with van der Waals surface area (Å²) >= 11 is 0. The van der Waals surface area contributed by atoms with Gasteiger partial charge in [0.1, 0.15) is 17.1 Å². The minimum absolute atomic E-state index is 0.104. The van der Waals surface area contributed by atoms with Gasteiger partial charge in [-0.1, -0.05) is 12.1 Å². The van der Waals surface area contributed by atoms with Crippen LogP contribution in [0.15, 0.2) is 62.3 Å². The minimum atomic E-state index is -0.373. The third kappa shape index (κ3) is 3.59. The summed E-state index contributed by atoms with van der Waals surface area (Å²) in [5.41, 5.74) is 1.88. The zero-order chi connectivity index (χ0) is 19.5. The fourth-order valence-corrected chi connectivity index (χ4v) is 2.91. The third-order valence-electron chi connectivity index (χ3n) is 4.36. The van der Waals surface area contributed by atoms with Crippen LogP contribution in [0.5, 0.6) is 11.5 Å². The molecule has 4 aromatic rings. The van der Waals surface area contributed by atoms with Crippen LogP contribution in [0.25, 0.3) is 22.4 Å². The molecule has 0 saturated carbocycles. The number of hydrogen-bond acceptors (Lipinski definition) is 7. The highest BCUT2D eigenvalue weighted by Crippen LogP contribution is 2.24. The van der Waals surface area contributed by atoms with Gasteiger partial charge in [-0.3, -0.25) is 0 Å². The molecule has 2 heterocycles. The molecule has 142 valence electrons. The van der Waals surface area contributed by atoms with Crippen molar-refractivity contribution in [2.75, 3.05) is 7.11 Å². The maximum Gasteiger partial charge on any atom is 0.336 e. The van der Waals surface area contributed by atoms with Crippen LogP contribution in [0, 0.1) is 0 Å². The maximum absolute atomic E-state index is 11.7. The van der Waals surface area contributed by atoms with E-state index in [1.165, 1.54) is 6.07 Å². The number of fused-ring (bicyclic) bond motifs is 1. The van der Waals surface area contributed by atoms with Gasteiger partial charge >= 0.3 is 5.63 Å². The van der Waals surface area contributed by atoms with E-state index in [-0.39, 0.29) is 12.2 Å². The number of benzene rings is 2. The molecule has 7 heteroatoms. The summed E-state index contributed by atoms with van der Waals surface area (Å²) in [5, 5.41) is 4.87. The van der Waals surface area contributed by atoms with Crippen LogP contribution in [-0.2, 0) is 13.0 Å². The molecule has 0 spiro atoms. The molecule has 4 rings (SSSR count). The van der Waals surface area contributed by atoms with Gasteiger partial charge in [0.25, 0.3) is 5.89 Å². The van der Waals surface area contributed by atoms with E-state index in [4.69, 9.17) is 18.4 Å². The maximum atomic E-state index is 11.7. The first-order valence-corrected chi connectivity index (χ1v) is 8.83. The number of rotatable bonds is 6. The van der Waals surface area contributed by atoms with Gasteiger partial charge in [-0.25, -0.2) is 4.79 Å². The second kappa shape index (κ2) is 7.56. The van der Waals surface area contributed by atoms with Crippen molar-refractivity contribution in [3.63, 3.8) is 0 Å². The number of aromatic nitrogens is 2. The molecule has 7 nitrogen and oxygen atoms in total. The van der Waals surface area contributed by atoms with Crippen molar-refractivity contribution in [2.45, 2.75) is 20.0 Å². The largest absolute Gasteiger partial charge is 0.497 e. The van der Waals surface area contributed by atoms with Gasteiger partial charge in [0.2, 0.25) is 5.82 Å². The van der Waals surface area contributed by atoms with E-state index in [2.05, 4.69) is 10.1 Å². The molecule has 0 unspecified atom stereocenters. The number of ether oxygens (including phenoxy) is 2. The fourth-order valence-electron chi connectivity index (χ4n) is 2.91. The van der Waals surface area contributed by atoms with Crippen molar-refractivity contribution in [3.05, 3.63) is 70.4 Å². The highest BCUT2D eigenvalue weighted by molar-refractivity contribution is 5.81. The first-order chi connectivity index (χ1) is 13.7. The van der Waals surface area contributed by atoms with Crippen LogP contribution in [-0.4, -0.2) is 17.3 Å². The Morgan fingerprint density at radius 2 is 1.82 bits per heavy atom. The summed E-state index contributed by atoms with van der Waals surface area (Å²) in [6, 6.07) is 14.3. The van der Waals surface area contributed by atoms with Crippen LogP contribution in [0.4, 0.5) is 0 Å². The fraction of sp³-hybridized carbons (Fsp3) is 0.190. The number of aryl methyl sites for hydroxylation is 1. The number of nitrogens with zero attached hydrogens (tertiary/aromatic N) is 2. The first kappa shape index (κ1) is 17.8. The van der Waals surface area contributed by atoms with Gasteiger partial charge in [-0.2, -0.15) is 4.98 Å². The van der Waals surface area contributed by atoms with Gasteiger partial charge < -0.3 is 18.4 Å². The number of methoxy groups -OCH3 is 1. The lowest BCUT2D eigenvalue weighted by molar-refractivity contribution is 0.243. The average Bonchev–Trinajstić information content (AvgIpc) is 3.20. The van der Waals surface area contributed by atoms with Crippen molar-refractivity contribution in [1.29, 1.82) is 0 Å². The monoisotopic (exact) mass is 378 g/mol. The van der Waals surface area contributed by atoms with Gasteiger partial charge in [0.15, 0.2) is 6.61 Å². The van der Waals surface area contributed by atoms with E-state index in [0.29, 0.717) is 23.0 Å². The second-order valence-corrected chi connectivity index (χ2v) is 6.13. The molecular weight excluding hydrogens is 360 g/mol. The molecule has 0 aliphatic rings. The SMILES string of the molecule is CCc1cc(=O)oc2cc(OCc3nc(-c4ccc(OC)cc4)no3)ccc12. The lowest BCUT2D eigenvalue weighted by Crippen LogP contribution is -2.00. The Kier molecular flexibility index (Phi) is 4.80. The molecule has 2 aromatic carbocycles. The standard InChI is InChI=1S/C21H18N2O5/c1-3-13-10-20(24)27-18-11-16(8-9-17(13)18)26-12-19-22-21(23-28-19)14-4-6-15(25-2)7-5-14/h4-11H,3,12H2,1-2H3. The number of hydrogen-bond donors (Lipinski definition) is 0. The van der Waals surface area contributed by atoms with E-state index < -0.39 is 0 Å². The summed E-state index contributed by atoms with van der Waals surface area (Å²) in [4.78, 5) is 16.0. The quantitative estimate of drug-likeness (QED) is 0.469. The van der Waals surface area contributed by atoms with E-state index in [1.807, 2.05) is 43.3 Å². The third-order valence-corrected chi connectivity index (χ3v) is 4.36.